The summed E-state index contributed by atoms with van der Waals surface area (Å²) < 4.78 is 55.9. The Morgan fingerprint density at radius 2 is 1.76 bits per heavy atom. The van der Waals surface area contributed by atoms with Crippen molar-refractivity contribution in [2.75, 3.05) is 43.5 Å². The number of unbranched alkanes of at least 4 members (excludes halogenated alkanes) is 1. The molecule has 0 spiro atoms. The predicted octanol–water partition coefficient (Wildman–Crippen LogP) is 1.82. The second-order valence-corrected chi connectivity index (χ2v) is 11.0. The third-order valence-corrected chi connectivity index (χ3v) is 7.92. The van der Waals surface area contributed by atoms with Crippen LogP contribution in [-0.4, -0.2) is 59.9 Å². The minimum atomic E-state index is -3.98. The number of hydrogen-bond acceptors (Lipinski definition) is 7. The highest BCUT2D eigenvalue weighted by Crippen LogP contribution is 2.26. The summed E-state index contributed by atoms with van der Waals surface area (Å²) in [6.45, 7) is 3.77. The van der Waals surface area contributed by atoms with Gasteiger partial charge in [0.15, 0.2) is 0 Å². The van der Waals surface area contributed by atoms with E-state index in [9.17, 15) is 21.6 Å². The Morgan fingerprint density at radius 1 is 1.03 bits per heavy atom. The van der Waals surface area contributed by atoms with Crippen LogP contribution in [0.3, 0.4) is 0 Å². The number of nitrogens with two attached hydrogens (primary N) is 1. The lowest BCUT2D eigenvalue weighted by atomic mass is 10.2. The number of carbonyl (C=O) groups excluding carboxylic acids is 1. The summed E-state index contributed by atoms with van der Waals surface area (Å²) >= 11 is 0. The molecule has 1 amide bonds. The van der Waals surface area contributed by atoms with Crippen LogP contribution in [0.2, 0.25) is 0 Å². The zero-order chi connectivity index (χ0) is 24.1. The third kappa shape index (κ3) is 6.30. The van der Waals surface area contributed by atoms with E-state index < -0.39 is 26.0 Å². The summed E-state index contributed by atoms with van der Waals surface area (Å²) in [5.74, 6) is -0.584. The van der Waals surface area contributed by atoms with Crippen molar-refractivity contribution >= 4 is 37.3 Å². The molecule has 3 rings (SSSR count). The van der Waals surface area contributed by atoms with Crippen molar-refractivity contribution in [3.05, 3.63) is 48.0 Å². The highest BCUT2D eigenvalue weighted by atomic mass is 32.2. The normalized spacial score (nSPS) is 15.2. The fraction of sp³-hybridized carbons (Fsp3) is 0.381. The smallest absolute Gasteiger partial charge is 0.255 e. The lowest BCUT2D eigenvalue weighted by molar-refractivity contribution is 0.0730. The number of hydrogen-bond donors (Lipinski definition) is 3. The van der Waals surface area contributed by atoms with Crippen molar-refractivity contribution in [2.24, 2.45) is 5.14 Å². The maximum atomic E-state index is 13.0. The minimum Gasteiger partial charge on any atom is -0.383 e. The average Bonchev–Trinajstić information content (AvgIpc) is 2.80. The van der Waals surface area contributed by atoms with Gasteiger partial charge in [0.2, 0.25) is 20.0 Å². The van der Waals surface area contributed by atoms with Gasteiger partial charge in [0.05, 0.1) is 34.4 Å². The van der Waals surface area contributed by atoms with Crippen LogP contribution in [0.25, 0.3) is 0 Å². The molecule has 1 saturated heterocycles. The second kappa shape index (κ2) is 10.6. The molecule has 0 aromatic heterocycles. The average molecular weight is 497 g/mol. The summed E-state index contributed by atoms with van der Waals surface area (Å²) in [7, 11) is -7.76. The van der Waals surface area contributed by atoms with Crippen molar-refractivity contribution in [1.82, 2.24) is 4.31 Å². The maximum absolute atomic E-state index is 13.0. The summed E-state index contributed by atoms with van der Waals surface area (Å²) in [6.07, 6.45) is 1.83. The van der Waals surface area contributed by atoms with Gasteiger partial charge in [0.1, 0.15) is 0 Å². The predicted molar refractivity (Wildman–Crippen MR) is 125 cm³/mol. The van der Waals surface area contributed by atoms with Gasteiger partial charge in [-0.15, -0.1) is 0 Å². The van der Waals surface area contributed by atoms with Crippen molar-refractivity contribution in [2.45, 2.75) is 29.6 Å². The monoisotopic (exact) mass is 496 g/mol. The van der Waals surface area contributed by atoms with Crippen LogP contribution in [0.1, 0.15) is 30.1 Å². The lowest BCUT2D eigenvalue weighted by Crippen LogP contribution is -2.40. The summed E-state index contributed by atoms with van der Waals surface area (Å²) in [5.41, 5.74) is 0.871. The Morgan fingerprint density at radius 3 is 2.42 bits per heavy atom. The Bertz CT molecular complexity index is 1210. The molecule has 10 nitrogen and oxygen atoms in total. The Hall–Kier alpha value is -2.51. The Kier molecular flexibility index (Phi) is 8.08. The first-order valence-corrected chi connectivity index (χ1v) is 13.5. The number of primary sulfonamides is 1. The van der Waals surface area contributed by atoms with E-state index in [4.69, 9.17) is 9.88 Å². The number of amides is 1. The Balaban J connectivity index is 1.88. The summed E-state index contributed by atoms with van der Waals surface area (Å²) in [6, 6.07) is 9.87. The number of benzene rings is 2. The lowest BCUT2D eigenvalue weighted by Gasteiger charge is -2.26. The van der Waals surface area contributed by atoms with Gasteiger partial charge in [0, 0.05) is 25.2 Å². The first-order chi connectivity index (χ1) is 15.6. The standard InChI is InChI=1S/C21H28N4O6S2/c1-2-3-9-23-19-8-7-17(32(22,27)28)15-20(19)24-21(26)16-5-4-6-18(14-16)33(29,30)25-10-12-31-13-11-25/h4-8,14-15,23H,2-3,9-13H2,1H3,(H,24,26)(H2,22,27,28). The van der Waals surface area contributed by atoms with Crippen LogP contribution < -0.4 is 15.8 Å². The van der Waals surface area contributed by atoms with Gasteiger partial charge in [-0.25, -0.2) is 22.0 Å². The molecule has 1 aliphatic heterocycles. The van der Waals surface area contributed by atoms with Crippen LogP contribution in [0.5, 0.6) is 0 Å². The highest BCUT2D eigenvalue weighted by molar-refractivity contribution is 7.89. The number of ether oxygens (including phenoxy) is 1. The highest BCUT2D eigenvalue weighted by Gasteiger charge is 2.27. The van der Waals surface area contributed by atoms with Crippen LogP contribution in [0.15, 0.2) is 52.3 Å². The molecule has 0 radical (unpaired) electrons. The van der Waals surface area contributed by atoms with Gasteiger partial charge in [-0.3, -0.25) is 4.79 Å². The molecule has 0 saturated carbocycles. The summed E-state index contributed by atoms with van der Waals surface area (Å²) in [4.78, 5) is 12.8. The van der Waals surface area contributed by atoms with Gasteiger partial charge in [-0.2, -0.15) is 4.31 Å². The molecule has 2 aromatic carbocycles. The molecule has 1 heterocycles. The zero-order valence-electron chi connectivity index (χ0n) is 18.3. The fourth-order valence-electron chi connectivity index (χ4n) is 3.29. The first-order valence-electron chi connectivity index (χ1n) is 10.5. The van der Waals surface area contributed by atoms with Crippen molar-refractivity contribution in [3.8, 4) is 0 Å². The van der Waals surface area contributed by atoms with Crippen molar-refractivity contribution in [3.63, 3.8) is 0 Å². The van der Waals surface area contributed by atoms with E-state index in [-0.39, 0.29) is 34.1 Å². The molecule has 0 unspecified atom stereocenters. The van der Waals surface area contributed by atoms with Crippen LogP contribution in [0.4, 0.5) is 11.4 Å². The SMILES string of the molecule is CCCCNc1ccc(S(N)(=O)=O)cc1NC(=O)c1cccc(S(=O)(=O)N2CCOCC2)c1. The van der Waals surface area contributed by atoms with Crippen molar-refractivity contribution in [1.29, 1.82) is 0 Å². The molecular weight excluding hydrogens is 468 g/mol. The quantitative estimate of drug-likeness (QED) is 0.449. The van der Waals surface area contributed by atoms with E-state index >= 15 is 0 Å². The maximum Gasteiger partial charge on any atom is 0.255 e. The van der Waals surface area contributed by atoms with E-state index in [1.807, 2.05) is 6.92 Å². The Labute approximate surface area is 194 Å². The van der Waals surface area contributed by atoms with E-state index in [1.165, 1.54) is 46.8 Å². The molecule has 1 fully saturated rings. The van der Waals surface area contributed by atoms with Gasteiger partial charge >= 0.3 is 0 Å². The molecule has 180 valence electrons. The first kappa shape index (κ1) is 25.1. The number of anilines is 2. The van der Waals surface area contributed by atoms with Crippen LogP contribution in [0, 0.1) is 0 Å². The molecule has 0 aliphatic carbocycles. The number of nitrogens with one attached hydrogen (secondary N) is 2. The van der Waals surface area contributed by atoms with Gasteiger partial charge in [0.25, 0.3) is 5.91 Å². The number of carbonyl (C=O) groups is 1. The van der Waals surface area contributed by atoms with Gasteiger partial charge in [-0.05, 0) is 42.8 Å². The number of rotatable bonds is 9. The summed E-state index contributed by atoms with van der Waals surface area (Å²) in [5, 5.41) is 11.1. The van der Waals surface area contributed by atoms with Crippen LogP contribution in [-0.2, 0) is 24.8 Å². The fourth-order valence-corrected chi connectivity index (χ4v) is 5.28. The largest absolute Gasteiger partial charge is 0.383 e. The van der Waals surface area contributed by atoms with E-state index in [2.05, 4.69) is 10.6 Å². The molecule has 1 aliphatic rings. The molecule has 0 atom stereocenters. The molecule has 4 N–H and O–H groups in total. The minimum absolute atomic E-state index is 0.00312. The van der Waals surface area contributed by atoms with Gasteiger partial charge < -0.3 is 15.4 Å². The topological polar surface area (TPSA) is 148 Å². The van der Waals surface area contributed by atoms with E-state index in [0.29, 0.717) is 25.4 Å². The number of nitrogens with zero attached hydrogens (tertiary/aromatic N) is 1. The van der Waals surface area contributed by atoms with E-state index in [0.717, 1.165) is 12.8 Å². The zero-order valence-corrected chi connectivity index (χ0v) is 19.9. The van der Waals surface area contributed by atoms with Crippen molar-refractivity contribution < 1.29 is 26.4 Å². The number of morpholine rings is 1. The molecule has 33 heavy (non-hydrogen) atoms. The second-order valence-electron chi connectivity index (χ2n) is 7.53. The van der Waals surface area contributed by atoms with E-state index in [1.54, 1.807) is 0 Å². The molecule has 0 bridgehead atoms. The molecule has 12 heteroatoms. The van der Waals surface area contributed by atoms with Gasteiger partial charge in [-0.1, -0.05) is 19.4 Å². The molecular formula is C21H28N4O6S2. The van der Waals surface area contributed by atoms with Crippen LogP contribution >= 0.6 is 0 Å². The molecule has 2 aromatic rings. The third-order valence-electron chi connectivity index (χ3n) is 5.12. The number of sulfonamides is 2.